The van der Waals surface area contributed by atoms with E-state index >= 15 is 0 Å². The Balaban J connectivity index is 2.08. The fraction of sp³-hybridized carbons (Fsp3) is 0.550. The maximum absolute atomic E-state index is 12.1. The molecule has 25 heavy (non-hydrogen) atoms. The molecule has 1 aromatic heterocycles. The zero-order chi connectivity index (χ0) is 18.0. The van der Waals surface area contributed by atoms with Crippen molar-refractivity contribution in [2.45, 2.75) is 52.5 Å². The molecule has 2 atom stereocenters. The lowest BCUT2D eigenvalue weighted by Gasteiger charge is -2.28. The second-order valence-corrected chi connectivity index (χ2v) is 7.79. The van der Waals surface area contributed by atoms with Gasteiger partial charge in [0.15, 0.2) is 5.58 Å². The lowest BCUT2D eigenvalue weighted by molar-refractivity contribution is -0.922. The van der Waals surface area contributed by atoms with Crippen LogP contribution in [0.25, 0.3) is 11.0 Å². The van der Waals surface area contributed by atoms with Crippen LogP contribution in [0.1, 0.15) is 50.7 Å². The third kappa shape index (κ3) is 4.01. The van der Waals surface area contributed by atoms with E-state index in [9.17, 15) is 9.90 Å². The Labute approximate surface area is 153 Å². The van der Waals surface area contributed by atoms with Crippen molar-refractivity contribution in [2.75, 3.05) is 13.1 Å². The van der Waals surface area contributed by atoms with Crippen molar-refractivity contribution >= 4 is 22.6 Å². The Morgan fingerprint density at radius 2 is 2.20 bits per heavy atom. The quantitative estimate of drug-likeness (QED) is 0.800. The molecule has 1 aliphatic heterocycles. The fourth-order valence-corrected chi connectivity index (χ4v) is 4.15. The van der Waals surface area contributed by atoms with Crippen molar-refractivity contribution in [3.8, 4) is 5.75 Å². The molecular formula is C20H27ClNO3+. The van der Waals surface area contributed by atoms with E-state index in [1.54, 1.807) is 12.1 Å². The molecule has 2 N–H and O–H groups in total. The van der Waals surface area contributed by atoms with Crippen LogP contribution >= 0.6 is 11.6 Å². The zero-order valence-electron chi connectivity index (χ0n) is 15.0. The van der Waals surface area contributed by atoms with Gasteiger partial charge in [-0.25, -0.2) is 4.79 Å². The number of aryl methyl sites for hydroxylation is 1. The highest BCUT2D eigenvalue weighted by Gasteiger charge is 2.25. The normalized spacial score (nSPS) is 20.9. The highest BCUT2D eigenvalue weighted by atomic mass is 35.5. The smallest absolute Gasteiger partial charge is 0.336 e. The van der Waals surface area contributed by atoms with Crippen molar-refractivity contribution in [3.63, 3.8) is 0 Å². The molecule has 136 valence electrons. The Bertz CT molecular complexity index is 815. The molecule has 1 aliphatic rings. The van der Waals surface area contributed by atoms with E-state index in [0.29, 0.717) is 28.6 Å². The minimum Gasteiger partial charge on any atom is -0.506 e. The number of phenolic OH excluding ortho intramolecular Hbond substituents is 1. The Morgan fingerprint density at radius 1 is 1.40 bits per heavy atom. The monoisotopic (exact) mass is 364 g/mol. The van der Waals surface area contributed by atoms with Gasteiger partial charge in [-0.05, 0) is 37.3 Å². The molecule has 1 saturated heterocycles. The van der Waals surface area contributed by atoms with Gasteiger partial charge in [-0.2, -0.15) is 0 Å². The molecule has 0 amide bonds. The number of hydrogen-bond acceptors (Lipinski definition) is 3. The Kier molecular flexibility index (Phi) is 5.70. The van der Waals surface area contributed by atoms with Crippen LogP contribution in [0.15, 0.2) is 21.3 Å². The van der Waals surface area contributed by atoms with Crippen molar-refractivity contribution in [3.05, 3.63) is 38.7 Å². The Hall–Kier alpha value is -1.52. The predicted molar refractivity (Wildman–Crippen MR) is 101 cm³/mol. The van der Waals surface area contributed by atoms with Crippen molar-refractivity contribution < 1.29 is 14.4 Å². The highest BCUT2D eigenvalue weighted by Crippen LogP contribution is 2.35. The average molecular weight is 365 g/mol. The first-order valence-electron chi connectivity index (χ1n) is 9.30. The lowest BCUT2D eigenvalue weighted by atomic mass is 9.98. The lowest BCUT2D eigenvalue weighted by Crippen LogP contribution is -3.12. The molecule has 0 saturated carbocycles. The third-order valence-corrected chi connectivity index (χ3v) is 5.52. The van der Waals surface area contributed by atoms with Crippen LogP contribution in [0.5, 0.6) is 5.75 Å². The molecule has 0 aliphatic carbocycles. The summed E-state index contributed by atoms with van der Waals surface area (Å²) in [7, 11) is 0. The van der Waals surface area contributed by atoms with Gasteiger partial charge in [-0.1, -0.05) is 31.9 Å². The summed E-state index contributed by atoms with van der Waals surface area (Å²) in [5, 5.41) is 11.7. The van der Waals surface area contributed by atoms with Crippen LogP contribution in [0, 0.1) is 5.92 Å². The molecule has 5 heteroatoms. The molecular weight excluding hydrogens is 338 g/mol. The second kappa shape index (κ2) is 7.79. The number of unbranched alkanes of at least 4 members (excludes halogenated alkanes) is 1. The summed E-state index contributed by atoms with van der Waals surface area (Å²) in [5.74, 6) is 0.721. The first-order valence-corrected chi connectivity index (χ1v) is 9.68. The summed E-state index contributed by atoms with van der Waals surface area (Å²) in [6.45, 7) is 7.15. The molecule has 0 bridgehead atoms. The van der Waals surface area contributed by atoms with Crippen molar-refractivity contribution in [1.29, 1.82) is 0 Å². The maximum atomic E-state index is 12.1. The SMILES string of the molecule is CCCCc1cc(=O)oc2c(C[NH+]3CCC[C@H](C)C3)c(O)c(Cl)cc12. The first-order chi connectivity index (χ1) is 12.0. The third-order valence-electron chi connectivity index (χ3n) is 5.23. The van der Waals surface area contributed by atoms with Crippen LogP contribution in [-0.4, -0.2) is 18.2 Å². The number of halogens is 1. The number of aromatic hydroxyl groups is 1. The summed E-state index contributed by atoms with van der Waals surface area (Å²) >= 11 is 6.31. The summed E-state index contributed by atoms with van der Waals surface area (Å²) in [6, 6.07) is 3.29. The maximum Gasteiger partial charge on any atom is 0.336 e. The summed E-state index contributed by atoms with van der Waals surface area (Å²) in [6.07, 6.45) is 5.30. The van der Waals surface area contributed by atoms with Crippen molar-refractivity contribution in [2.24, 2.45) is 5.92 Å². The molecule has 2 heterocycles. The number of benzene rings is 1. The van der Waals surface area contributed by atoms with E-state index in [-0.39, 0.29) is 11.4 Å². The standard InChI is InChI=1S/C20H26ClNO3/c1-3-4-7-14-9-18(23)25-20-15(14)10-17(21)19(24)16(20)12-22-8-5-6-13(2)11-22/h9-10,13,24H,3-8,11-12H2,1-2H3/p+1/t13-/m0/s1. The predicted octanol–water partition coefficient (Wildman–Crippen LogP) is 3.31. The molecule has 1 fully saturated rings. The molecule has 1 unspecified atom stereocenters. The Morgan fingerprint density at radius 3 is 2.92 bits per heavy atom. The average Bonchev–Trinajstić information content (AvgIpc) is 2.58. The van der Waals surface area contributed by atoms with Gasteiger partial charge in [-0.15, -0.1) is 0 Å². The van der Waals surface area contributed by atoms with Crippen LogP contribution in [-0.2, 0) is 13.0 Å². The molecule has 4 nitrogen and oxygen atoms in total. The van der Waals surface area contributed by atoms with E-state index in [1.807, 2.05) is 0 Å². The molecule has 0 spiro atoms. The number of likely N-dealkylation sites (tertiary alicyclic amines) is 1. The molecule has 2 aromatic rings. The van der Waals surface area contributed by atoms with E-state index < -0.39 is 0 Å². The number of nitrogens with one attached hydrogen (secondary N) is 1. The van der Waals surface area contributed by atoms with Gasteiger partial charge in [0.2, 0.25) is 0 Å². The van der Waals surface area contributed by atoms with Gasteiger partial charge in [-0.3, -0.25) is 0 Å². The number of piperidine rings is 1. The highest BCUT2D eigenvalue weighted by molar-refractivity contribution is 6.33. The number of phenols is 1. The van der Waals surface area contributed by atoms with Crippen LogP contribution < -0.4 is 10.5 Å². The van der Waals surface area contributed by atoms with Crippen LogP contribution in [0.4, 0.5) is 0 Å². The second-order valence-electron chi connectivity index (χ2n) is 7.38. The minimum absolute atomic E-state index is 0.0516. The van der Waals surface area contributed by atoms with Gasteiger partial charge in [0, 0.05) is 17.4 Å². The van der Waals surface area contributed by atoms with Crippen LogP contribution in [0.2, 0.25) is 5.02 Å². The number of fused-ring (bicyclic) bond motifs is 1. The van der Waals surface area contributed by atoms with Gasteiger partial charge < -0.3 is 14.4 Å². The summed E-state index contributed by atoms with van der Waals surface area (Å²) in [5.41, 5.74) is 1.77. The van der Waals surface area contributed by atoms with Gasteiger partial charge in [0.05, 0.1) is 23.7 Å². The van der Waals surface area contributed by atoms with E-state index in [0.717, 1.165) is 43.3 Å². The van der Waals surface area contributed by atoms with Gasteiger partial charge >= 0.3 is 5.63 Å². The summed E-state index contributed by atoms with van der Waals surface area (Å²) < 4.78 is 5.53. The van der Waals surface area contributed by atoms with E-state index in [2.05, 4.69) is 13.8 Å². The fourth-order valence-electron chi connectivity index (χ4n) is 3.93. The molecule has 3 rings (SSSR count). The zero-order valence-corrected chi connectivity index (χ0v) is 15.8. The topological polar surface area (TPSA) is 54.9 Å². The number of rotatable bonds is 5. The van der Waals surface area contributed by atoms with E-state index in [4.69, 9.17) is 16.0 Å². The van der Waals surface area contributed by atoms with Crippen molar-refractivity contribution in [1.82, 2.24) is 0 Å². The molecule has 1 aromatic carbocycles. The summed E-state index contributed by atoms with van der Waals surface area (Å²) in [4.78, 5) is 13.5. The number of hydrogen-bond donors (Lipinski definition) is 2. The largest absolute Gasteiger partial charge is 0.506 e. The van der Waals surface area contributed by atoms with E-state index in [1.165, 1.54) is 17.7 Å². The molecule has 0 radical (unpaired) electrons. The minimum atomic E-state index is -0.358. The first kappa shape index (κ1) is 18.3. The van der Waals surface area contributed by atoms with Gasteiger partial charge in [0.25, 0.3) is 0 Å². The van der Waals surface area contributed by atoms with Gasteiger partial charge in [0.1, 0.15) is 12.3 Å². The number of quaternary nitrogens is 1. The van der Waals surface area contributed by atoms with Crippen LogP contribution in [0.3, 0.4) is 0 Å².